The quantitative estimate of drug-likeness (QED) is 0.612. The van der Waals surface area contributed by atoms with Crippen LogP contribution in [0, 0.1) is 10.8 Å². The summed E-state index contributed by atoms with van der Waals surface area (Å²) in [6.45, 7) is 12.2. The van der Waals surface area contributed by atoms with Crippen LogP contribution in [0.4, 0.5) is 11.4 Å². The summed E-state index contributed by atoms with van der Waals surface area (Å²) >= 11 is 0. The first-order valence-corrected chi connectivity index (χ1v) is 12.0. The Morgan fingerprint density at radius 2 is 1.85 bits per heavy atom. The van der Waals surface area contributed by atoms with Gasteiger partial charge in [-0.25, -0.2) is 0 Å². The third-order valence-corrected chi connectivity index (χ3v) is 7.70. The summed E-state index contributed by atoms with van der Waals surface area (Å²) in [7, 11) is 1.65. The van der Waals surface area contributed by atoms with Crippen molar-refractivity contribution in [3.63, 3.8) is 0 Å². The van der Waals surface area contributed by atoms with Crippen LogP contribution in [0.15, 0.2) is 42.5 Å². The van der Waals surface area contributed by atoms with E-state index in [1.165, 1.54) is 11.3 Å². The van der Waals surface area contributed by atoms with E-state index in [-0.39, 0.29) is 23.3 Å². The number of nitrogens with zero attached hydrogens (tertiary/aromatic N) is 1. The van der Waals surface area contributed by atoms with Crippen molar-refractivity contribution in [1.82, 2.24) is 0 Å². The highest BCUT2D eigenvalue weighted by Crippen LogP contribution is 2.64. The lowest BCUT2D eigenvalue weighted by molar-refractivity contribution is -0.119. The molecule has 2 N–H and O–H groups in total. The fourth-order valence-corrected chi connectivity index (χ4v) is 5.63. The van der Waals surface area contributed by atoms with Crippen LogP contribution in [-0.4, -0.2) is 37.3 Å². The summed E-state index contributed by atoms with van der Waals surface area (Å²) in [5.74, 6) is 0.852. The summed E-state index contributed by atoms with van der Waals surface area (Å²) in [5, 5.41) is 12.6. The molecule has 5 heteroatoms. The fraction of sp³-hybridized carbons (Fsp3) is 0.536. The predicted molar refractivity (Wildman–Crippen MR) is 134 cm³/mol. The van der Waals surface area contributed by atoms with Gasteiger partial charge in [-0.05, 0) is 71.6 Å². The molecule has 2 aliphatic rings. The maximum atomic E-state index is 13.6. The van der Waals surface area contributed by atoms with Crippen LogP contribution in [0.1, 0.15) is 58.6 Å². The van der Waals surface area contributed by atoms with E-state index in [1.54, 1.807) is 7.11 Å². The van der Waals surface area contributed by atoms with Gasteiger partial charge in [0.15, 0.2) is 0 Å². The van der Waals surface area contributed by atoms with Crippen LogP contribution < -0.4 is 15.0 Å². The number of aliphatic hydroxyl groups excluding tert-OH is 1. The lowest BCUT2D eigenvalue weighted by Gasteiger charge is -2.37. The van der Waals surface area contributed by atoms with Crippen molar-refractivity contribution in [1.29, 1.82) is 0 Å². The average molecular weight is 451 g/mol. The lowest BCUT2D eigenvalue weighted by atomic mass is 9.84. The molecular formula is C28H38N2O3. The number of ether oxygens (including phenoxy) is 1. The smallest absolute Gasteiger partial charge is 0.235 e. The molecule has 0 bridgehead atoms. The molecule has 1 aliphatic heterocycles. The van der Waals surface area contributed by atoms with Gasteiger partial charge in [0.1, 0.15) is 5.75 Å². The predicted octanol–water partition coefficient (Wildman–Crippen LogP) is 5.16. The van der Waals surface area contributed by atoms with Crippen molar-refractivity contribution in [3.8, 4) is 5.75 Å². The zero-order chi connectivity index (χ0) is 24.0. The Bertz CT molecular complexity index is 1020. The number of carbonyl (C=O) groups is 1. The summed E-state index contributed by atoms with van der Waals surface area (Å²) in [5.41, 5.74) is 3.87. The Hall–Kier alpha value is -2.53. The first kappa shape index (κ1) is 23.6. The number of methoxy groups -OCH3 is 1. The molecule has 1 heterocycles. The molecule has 2 atom stereocenters. The monoisotopic (exact) mass is 450 g/mol. The van der Waals surface area contributed by atoms with Gasteiger partial charge in [-0.15, -0.1) is 0 Å². The molecule has 1 aliphatic carbocycles. The molecule has 0 radical (unpaired) electrons. The number of carbonyl (C=O) groups excluding carboxylic acids is 1. The van der Waals surface area contributed by atoms with Gasteiger partial charge in [0, 0.05) is 30.6 Å². The van der Waals surface area contributed by atoms with E-state index < -0.39 is 5.41 Å². The van der Waals surface area contributed by atoms with Crippen LogP contribution >= 0.6 is 0 Å². The SMILES string of the molecule is COc1ccc(C2(C(=O)Nc3ccc4c(c3)CC(C(C)(C)C)N4CCCO)CC2(C)C)cc1. The van der Waals surface area contributed by atoms with E-state index >= 15 is 0 Å². The van der Waals surface area contributed by atoms with E-state index in [0.29, 0.717) is 6.04 Å². The van der Waals surface area contributed by atoms with Crippen LogP contribution in [0.5, 0.6) is 5.75 Å². The van der Waals surface area contributed by atoms with Crippen molar-refractivity contribution in [2.45, 2.75) is 65.3 Å². The van der Waals surface area contributed by atoms with Crippen LogP contribution in [0.3, 0.4) is 0 Å². The molecule has 178 valence electrons. The Morgan fingerprint density at radius 1 is 1.18 bits per heavy atom. The lowest BCUT2D eigenvalue weighted by Crippen LogP contribution is -2.42. The summed E-state index contributed by atoms with van der Waals surface area (Å²) in [6.07, 6.45) is 2.52. The molecule has 1 amide bonds. The van der Waals surface area contributed by atoms with Gasteiger partial charge in [0.05, 0.1) is 12.5 Å². The second kappa shape index (κ2) is 8.35. The second-order valence-electron chi connectivity index (χ2n) is 11.3. The van der Waals surface area contributed by atoms with Gasteiger partial charge in [0.2, 0.25) is 5.91 Å². The van der Waals surface area contributed by atoms with Gasteiger partial charge in [-0.3, -0.25) is 4.79 Å². The molecule has 0 saturated heterocycles. The standard InChI is InChI=1S/C28H38N2O3/c1-26(2,3)24-17-19-16-21(10-13-23(19)30(24)14-7-15-31)29-25(32)28(18-27(28,4)5)20-8-11-22(33-6)12-9-20/h8-13,16,24,31H,7,14-15,17-18H2,1-6H3,(H,29,32). The summed E-state index contributed by atoms with van der Waals surface area (Å²) < 4.78 is 5.30. The number of anilines is 2. The van der Waals surface area contributed by atoms with Crippen LogP contribution in [0.25, 0.3) is 0 Å². The average Bonchev–Trinajstić information content (AvgIpc) is 3.18. The van der Waals surface area contributed by atoms with E-state index in [1.807, 2.05) is 30.3 Å². The molecule has 2 unspecified atom stereocenters. The Kier molecular flexibility index (Phi) is 5.98. The van der Waals surface area contributed by atoms with E-state index in [4.69, 9.17) is 4.74 Å². The maximum absolute atomic E-state index is 13.6. The number of benzene rings is 2. The van der Waals surface area contributed by atoms with Gasteiger partial charge in [-0.1, -0.05) is 46.8 Å². The van der Waals surface area contributed by atoms with E-state index in [0.717, 1.165) is 42.8 Å². The van der Waals surface area contributed by atoms with Crippen molar-refractivity contribution < 1.29 is 14.6 Å². The van der Waals surface area contributed by atoms with Crippen molar-refractivity contribution in [2.75, 3.05) is 30.5 Å². The third kappa shape index (κ3) is 4.12. The molecule has 5 nitrogen and oxygen atoms in total. The number of aliphatic hydroxyl groups is 1. The van der Waals surface area contributed by atoms with Crippen molar-refractivity contribution in [3.05, 3.63) is 53.6 Å². The topological polar surface area (TPSA) is 61.8 Å². The highest BCUT2D eigenvalue weighted by atomic mass is 16.5. The number of hydrogen-bond donors (Lipinski definition) is 2. The van der Waals surface area contributed by atoms with Crippen LogP contribution in [-0.2, 0) is 16.6 Å². The molecule has 4 rings (SSSR count). The normalized spacial score (nSPS) is 23.2. The van der Waals surface area contributed by atoms with Crippen molar-refractivity contribution in [2.24, 2.45) is 10.8 Å². The minimum absolute atomic E-state index is 0.0557. The first-order chi connectivity index (χ1) is 15.5. The molecule has 2 aromatic rings. The summed E-state index contributed by atoms with van der Waals surface area (Å²) in [4.78, 5) is 16.0. The molecule has 0 aromatic heterocycles. The molecule has 1 saturated carbocycles. The highest BCUT2D eigenvalue weighted by Gasteiger charge is 2.67. The highest BCUT2D eigenvalue weighted by molar-refractivity contribution is 6.03. The largest absolute Gasteiger partial charge is 0.497 e. The summed E-state index contributed by atoms with van der Waals surface area (Å²) in [6, 6.07) is 14.6. The Morgan fingerprint density at radius 3 is 2.39 bits per heavy atom. The number of rotatable bonds is 7. The second-order valence-corrected chi connectivity index (χ2v) is 11.3. The van der Waals surface area contributed by atoms with Gasteiger partial charge in [-0.2, -0.15) is 0 Å². The molecular weight excluding hydrogens is 412 g/mol. The van der Waals surface area contributed by atoms with Gasteiger partial charge >= 0.3 is 0 Å². The fourth-order valence-electron chi connectivity index (χ4n) is 5.63. The van der Waals surface area contributed by atoms with E-state index in [9.17, 15) is 9.90 Å². The number of hydrogen-bond acceptors (Lipinski definition) is 4. The minimum atomic E-state index is -0.528. The maximum Gasteiger partial charge on any atom is 0.235 e. The molecule has 33 heavy (non-hydrogen) atoms. The molecule has 1 fully saturated rings. The minimum Gasteiger partial charge on any atom is -0.497 e. The number of amides is 1. The van der Waals surface area contributed by atoms with Gasteiger partial charge in [0.25, 0.3) is 0 Å². The zero-order valence-electron chi connectivity index (χ0n) is 20.9. The number of nitrogens with one attached hydrogen (secondary N) is 1. The van der Waals surface area contributed by atoms with Crippen LogP contribution in [0.2, 0.25) is 0 Å². The number of fused-ring (bicyclic) bond motifs is 1. The first-order valence-electron chi connectivity index (χ1n) is 12.0. The Labute approximate surface area is 198 Å². The third-order valence-electron chi connectivity index (χ3n) is 7.70. The van der Waals surface area contributed by atoms with E-state index in [2.05, 4.69) is 57.0 Å². The van der Waals surface area contributed by atoms with Gasteiger partial charge < -0.3 is 20.1 Å². The zero-order valence-corrected chi connectivity index (χ0v) is 20.9. The molecule has 0 spiro atoms. The Balaban J connectivity index is 1.58. The van der Waals surface area contributed by atoms with Crippen molar-refractivity contribution >= 4 is 17.3 Å². The molecule has 2 aromatic carbocycles.